The topological polar surface area (TPSA) is 102 Å². The molecule has 3 aromatic rings. The third kappa shape index (κ3) is 8.02. The number of nitrogens with zero attached hydrogens (tertiary/aromatic N) is 3. The molecule has 10 heteroatoms. The predicted molar refractivity (Wildman–Crippen MR) is 189 cm³/mol. The van der Waals surface area contributed by atoms with Crippen molar-refractivity contribution in [1.29, 1.82) is 0 Å². The molecule has 2 amide bonds. The highest BCUT2D eigenvalue weighted by molar-refractivity contribution is 6.31. The quantitative estimate of drug-likeness (QED) is 0.212. The molecule has 1 atom stereocenters. The number of hydrogen-bond acceptors (Lipinski definition) is 7. The van der Waals surface area contributed by atoms with Crippen molar-refractivity contribution in [3.8, 4) is 11.5 Å². The molecule has 1 unspecified atom stereocenters. The van der Waals surface area contributed by atoms with Crippen LogP contribution in [0.15, 0.2) is 78.0 Å². The van der Waals surface area contributed by atoms with Gasteiger partial charge < -0.3 is 25.0 Å². The van der Waals surface area contributed by atoms with Crippen LogP contribution in [-0.4, -0.2) is 66.7 Å². The molecule has 0 saturated carbocycles. The number of nitrogens with one attached hydrogen (secondary N) is 1. The second-order valence-electron chi connectivity index (χ2n) is 13.7. The van der Waals surface area contributed by atoms with Crippen molar-refractivity contribution < 1.29 is 24.2 Å². The maximum atomic E-state index is 14.4. The summed E-state index contributed by atoms with van der Waals surface area (Å²) in [6, 6.07) is 19.1. The summed E-state index contributed by atoms with van der Waals surface area (Å²) >= 11 is 7.01. The second kappa shape index (κ2) is 14.8. The molecule has 1 heterocycles. The normalized spacial score (nSPS) is 16.9. The maximum absolute atomic E-state index is 14.4. The maximum Gasteiger partial charge on any atom is 0.228 e. The van der Waals surface area contributed by atoms with Crippen molar-refractivity contribution >= 4 is 40.6 Å². The van der Waals surface area contributed by atoms with Crippen LogP contribution in [0.3, 0.4) is 0 Å². The highest BCUT2D eigenvalue weighted by atomic mass is 35.5. The number of para-hydroxylation sites is 1. The van der Waals surface area contributed by atoms with Crippen LogP contribution in [0.4, 0.5) is 11.4 Å². The molecule has 0 saturated heterocycles. The van der Waals surface area contributed by atoms with Crippen molar-refractivity contribution in [2.75, 3.05) is 44.4 Å². The molecule has 0 bridgehead atoms. The molecule has 0 fully saturated rings. The zero-order valence-electron chi connectivity index (χ0n) is 28.4. The standard InChI is InChI=1S/C38H45ClN4O5/c1-38(2)22-29-35(32(45)23-38)37(27-16-15-26(21-28(27)39)48-24-25-11-7-6-8-12-25)43(30-13-9-14-31(44)36(30)40-29)34(47)18-17-33(46)42(5)20-10-19-41(3)4/h6-9,11-16,21,37,40,44H,10,17-20,22-24H2,1-5H3. The number of carbonyl (C=O) groups excluding carboxylic acids is 3. The van der Waals surface area contributed by atoms with Gasteiger partial charge in [-0.2, -0.15) is 0 Å². The zero-order chi connectivity index (χ0) is 34.6. The van der Waals surface area contributed by atoms with Gasteiger partial charge in [0.25, 0.3) is 0 Å². The van der Waals surface area contributed by atoms with Gasteiger partial charge in [-0.15, -0.1) is 0 Å². The van der Waals surface area contributed by atoms with Crippen LogP contribution in [0.1, 0.15) is 63.1 Å². The molecule has 2 N–H and O–H groups in total. The molecule has 0 radical (unpaired) electrons. The van der Waals surface area contributed by atoms with Gasteiger partial charge in [0.15, 0.2) is 5.78 Å². The van der Waals surface area contributed by atoms with Crippen molar-refractivity contribution in [3.05, 3.63) is 94.1 Å². The number of rotatable bonds is 11. The Kier molecular flexibility index (Phi) is 10.8. The first kappa shape index (κ1) is 35.0. The van der Waals surface area contributed by atoms with Gasteiger partial charge in [0.1, 0.15) is 23.8 Å². The lowest BCUT2D eigenvalue weighted by molar-refractivity contribution is -0.132. The van der Waals surface area contributed by atoms with Gasteiger partial charge in [0.2, 0.25) is 11.8 Å². The lowest BCUT2D eigenvalue weighted by Gasteiger charge is -2.37. The number of amides is 2. The molecule has 0 spiro atoms. The minimum Gasteiger partial charge on any atom is -0.506 e. The van der Waals surface area contributed by atoms with Crippen molar-refractivity contribution in [3.63, 3.8) is 0 Å². The highest BCUT2D eigenvalue weighted by Crippen LogP contribution is 2.51. The van der Waals surface area contributed by atoms with Crippen LogP contribution in [0.2, 0.25) is 5.02 Å². The zero-order valence-corrected chi connectivity index (χ0v) is 29.1. The van der Waals surface area contributed by atoms with Gasteiger partial charge in [0.05, 0.1) is 11.7 Å². The fraction of sp³-hybridized carbons (Fsp3) is 0.395. The molecule has 3 aromatic carbocycles. The molecule has 2 aliphatic rings. The summed E-state index contributed by atoms with van der Waals surface area (Å²) in [4.78, 5) is 46.9. The minimum atomic E-state index is -0.907. The summed E-state index contributed by atoms with van der Waals surface area (Å²) in [5.74, 6) is -0.128. The second-order valence-corrected chi connectivity index (χ2v) is 14.1. The number of allylic oxidation sites excluding steroid dienone is 1. The first-order valence-electron chi connectivity index (χ1n) is 16.4. The van der Waals surface area contributed by atoms with Gasteiger partial charge in [-0.25, -0.2) is 0 Å². The Morgan fingerprint density at radius 3 is 2.46 bits per heavy atom. The first-order valence-corrected chi connectivity index (χ1v) is 16.7. The first-order chi connectivity index (χ1) is 22.8. The lowest BCUT2D eigenvalue weighted by atomic mass is 9.73. The summed E-state index contributed by atoms with van der Waals surface area (Å²) in [6.45, 7) is 5.82. The number of ether oxygens (including phenoxy) is 1. The molecule has 254 valence electrons. The third-order valence-electron chi connectivity index (χ3n) is 8.87. The Balaban J connectivity index is 1.54. The van der Waals surface area contributed by atoms with E-state index in [0.717, 1.165) is 18.5 Å². The SMILES string of the molecule is CN(C)CCCN(C)C(=O)CCC(=O)N1c2cccc(O)c2NC2=C(C(=O)CC(C)(C)C2)C1c1ccc(OCc2ccccc2)cc1Cl. The van der Waals surface area contributed by atoms with E-state index in [4.69, 9.17) is 16.3 Å². The Morgan fingerprint density at radius 2 is 1.75 bits per heavy atom. The number of phenolic OH excluding ortho intramolecular Hbond substituents is 1. The van der Waals surface area contributed by atoms with Gasteiger partial charge in [-0.3, -0.25) is 19.3 Å². The van der Waals surface area contributed by atoms with E-state index in [1.165, 1.54) is 4.90 Å². The Morgan fingerprint density at radius 1 is 1.00 bits per heavy atom. The van der Waals surface area contributed by atoms with E-state index in [0.29, 0.717) is 58.6 Å². The number of halogens is 1. The Hall–Kier alpha value is -4.34. The van der Waals surface area contributed by atoms with Crippen LogP contribution in [0.25, 0.3) is 0 Å². The monoisotopic (exact) mass is 672 g/mol. The average Bonchev–Trinajstić information content (AvgIpc) is 3.17. The van der Waals surface area contributed by atoms with Gasteiger partial charge in [-0.05, 0) is 74.3 Å². The number of hydrogen-bond donors (Lipinski definition) is 2. The molecule has 1 aliphatic heterocycles. The predicted octanol–water partition coefficient (Wildman–Crippen LogP) is 6.96. The number of aromatic hydroxyl groups is 1. The van der Waals surface area contributed by atoms with E-state index in [1.54, 1.807) is 48.3 Å². The molecule has 48 heavy (non-hydrogen) atoms. The summed E-state index contributed by atoms with van der Waals surface area (Å²) in [7, 11) is 5.72. The van der Waals surface area contributed by atoms with Crippen molar-refractivity contribution in [1.82, 2.24) is 9.80 Å². The van der Waals surface area contributed by atoms with E-state index in [9.17, 15) is 19.5 Å². The van der Waals surface area contributed by atoms with Crippen molar-refractivity contribution in [2.45, 2.75) is 58.6 Å². The highest BCUT2D eigenvalue weighted by Gasteiger charge is 2.44. The summed E-state index contributed by atoms with van der Waals surface area (Å²) in [5.41, 5.74) is 2.99. The number of carbonyl (C=O) groups is 3. The summed E-state index contributed by atoms with van der Waals surface area (Å²) in [6.07, 6.45) is 1.51. The number of ketones is 1. The third-order valence-corrected chi connectivity index (χ3v) is 9.20. The summed E-state index contributed by atoms with van der Waals surface area (Å²) < 4.78 is 6.04. The molecule has 9 nitrogen and oxygen atoms in total. The number of anilines is 2. The molecule has 1 aliphatic carbocycles. The van der Waals surface area contributed by atoms with E-state index in [1.807, 2.05) is 58.3 Å². The van der Waals surface area contributed by atoms with Crippen LogP contribution in [0, 0.1) is 5.41 Å². The number of benzene rings is 3. The van der Waals surface area contributed by atoms with E-state index >= 15 is 0 Å². The Labute approximate surface area is 288 Å². The van der Waals surface area contributed by atoms with E-state index in [-0.39, 0.29) is 48.0 Å². The number of fused-ring (bicyclic) bond motifs is 1. The molecule has 5 rings (SSSR count). The summed E-state index contributed by atoms with van der Waals surface area (Å²) in [5, 5.41) is 14.7. The van der Waals surface area contributed by atoms with Crippen LogP contribution in [0.5, 0.6) is 11.5 Å². The Bertz CT molecular complexity index is 1700. The number of Topliss-reactive ketones (excluding diaryl/α,β-unsaturated/α-hetero) is 1. The molecular weight excluding hydrogens is 628 g/mol. The number of phenols is 1. The van der Waals surface area contributed by atoms with Crippen LogP contribution in [-0.2, 0) is 21.0 Å². The van der Waals surface area contributed by atoms with Crippen molar-refractivity contribution in [2.24, 2.45) is 5.41 Å². The van der Waals surface area contributed by atoms with E-state index < -0.39 is 6.04 Å². The van der Waals surface area contributed by atoms with E-state index in [2.05, 4.69) is 10.2 Å². The molecule has 0 aromatic heterocycles. The largest absolute Gasteiger partial charge is 0.506 e. The van der Waals surface area contributed by atoms with Gasteiger partial charge in [-0.1, -0.05) is 67.9 Å². The lowest BCUT2D eigenvalue weighted by Crippen LogP contribution is -2.40. The van der Waals surface area contributed by atoms with Crippen LogP contribution >= 0.6 is 11.6 Å². The fourth-order valence-corrected chi connectivity index (χ4v) is 6.72. The smallest absolute Gasteiger partial charge is 0.228 e. The molecular formula is C38H45ClN4O5. The van der Waals surface area contributed by atoms with Crippen LogP contribution < -0.4 is 15.0 Å². The van der Waals surface area contributed by atoms with Gasteiger partial charge in [0, 0.05) is 49.1 Å². The minimum absolute atomic E-state index is 0.00499. The fourth-order valence-electron chi connectivity index (χ4n) is 6.45. The average molecular weight is 673 g/mol. The van der Waals surface area contributed by atoms with Gasteiger partial charge >= 0.3 is 0 Å².